The molecule has 0 fully saturated rings. The van der Waals surface area contributed by atoms with Gasteiger partial charge in [0.25, 0.3) is 0 Å². The van der Waals surface area contributed by atoms with E-state index >= 15 is 0 Å². The Labute approximate surface area is 122 Å². The number of halogens is 2. The molecule has 0 saturated heterocycles. The minimum Gasteiger partial charge on any atom is -0.465 e. The Morgan fingerprint density at radius 1 is 1.42 bits per heavy atom. The van der Waals surface area contributed by atoms with Crippen LogP contribution in [-0.4, -0.2) is 34.9 Å². The van der Waals surface area contributed by atoms with Gasteiger partial charge in [-0.25, -0.2) is 9.18 Å². The molecule has 1 aromatic carbocycles. The van der Waals surface area contributed by atoms with Crippen LogP contribution >= 0.6 is 22.6 Å². The fourth-order valence-corrected chi connectivity index (χ4v) is 1.81. The second-order valence-corrected chi connectivity index (χ2v) is 4.87. The lowest BCUT2D eigenvalue weighted by Crippen LogP contribution is -2.43. The summed E-state index contributed by atoms with van der Waals surface area (Å²) in [6, 6.07) is 3.08. The number of anilines is 1. The maximum absolute atomic E-state index is 13.5. The van der Waals surface area contributed by atoms with Gasteiger partial charge < -0.3 is 20.8 Å². The molecule has 0 aliphatic rings. The molecule has 1 aromatic rings. The molecule has 0 spiro atoms. The van der Waals surface area contributed by atoms with Crippen LogP contribution in [-0.2, 0) is 4.79 Å². The van der Waals surface area contributed by atoms with Crippen LogP contribution in [0.5, 0.6) is 0 Å². The van der Waals surface area contributed by atoms with E-state index in [1.807, 2.05) is 27.9 Å². The monoisotopic (exact) mass is 382 g/mol. The smallest absolute Gasteiger partial charge is 0.405 e. The predicted molar refractivity (Wildman–Crippen MR) is 74.4 cm³/mol. The van der Waals surface area contributed by atoms with E-state index in [1.165, 1.54) is 12.1 Å². The van der Waals surface area contributed by atoms with E-state index in [9.17, 15) is 14.0 Å². The summed E-state index contributed by atoms with van der Waals surface area (Å²) in [4.78, 5) is 22.3. The highest BCUT2D eigenvalue weighted by atomic mass is 127. The molecule has 6 nitrogen and oxygen atoms in total. The van der Waals surface area contributed by atoms with Crippen molar-refractivity contribution in [2.45, 2.75) is 12.5 Å². The molecule has 104 valence electrons. The summed E-state index contributed by atoms with van der Waals surface area (Å²) in [7, 11) is 0. The van der Waals surface area contributed by atoms with Gasteiger partial charge in [-0.1, -0.05) is 0 Å². The van der Waals surface area contributed by atoms with Crippen LogP contribution in [0.2, 0.25) is 0 Å². The second-order valence-electron chi connectivity index (χ2n) is 3.63. The lowest BCUT2D eigenvalue weighted by atomic mass is 10.2. The predicted octanol–water partition coefficient (Wildman–Crippen LogP) is 1.39. The van der Waals surface area contributed by atoms with Gasteiger partial charge in [-0.05, 0) is 47.2 Å². The fraction of sp³-hybridized carbons (Fsp3) is 0.273. The minimum atomic E-state index is -1.39. The van der Waals surface area contributed by atoms with Gasteiger partial charge in [0.1, 0.15) is 11.9 Å². The summed E-state index contributed by atoms with van der Waals surface area (Å²) in [5.74, 6) is -1.34. The zero-order valence-corrected chi connectivity index (χ0v) is 11.8. The Kier molecular flexibility index (Phi) is 5.96. The lowest BCUT2D eigenvalue weighted by Gasteiger charge is -2.16. The molecule has 0 aromatic heterocycles. The third-order valence-electron chi connectivity index (χ3n) is 2.22. The van der Waals surface area contributed by atoms with E-state index in [2.05, 4.69) is 5.32 Å². The van der Waals surface area contributed by atoms with E-state index < -0.39 is 23.9 Å². The van der Waals surface area contributed by atoms with Gasteiger partial charge in [0.2, 0.25) is 5.91 Å². The summed E-state index contributed by atoms with van der Waals surface area (Å²) in [5.41, 5.74) is -0.0412. The van der Waals surface area contributed by atoms with Crippen molar-refractivity contribution in [3.05, 3.63) is 27.6 Å². The van der Waals surface area contributed by atoms with Gasteiger partial charge in [-0.2, -0.15) is 0 Å². The zero-order valence-electron chi connectivity index (χ0n) is 9.69. The molecule has 0 unspecified atom stereocenters. The van der Waals surface area contributed by atoms with Crippen LogP contribution in [0.4, 0.5) is 14.9 Å². The highest BCUT2D eigenvalue weighted by Crippen LogP contribution is 2.17. The Balaban J connectivity index is 2.77. The Bertz CT molecular complexity index is 484. The van der Waals surface area contributed by atoms with Crippen LogP contribution in [0.1, 0.15) is 6.42 Å². The van der Waals surface area contributed by atoms with Crippen LogP contribution in [0.3, 0.4) is 0 Å². The average Bonchev–Trinajstić information content (AvgIpc) is 2.31. The Morgan fingerprint density at radius 2 is 2.11 bits per heavy atom. The molecule has 19 heavy (non-hydrogen) atoms. The lowest BCUT2D eigenvalue weighted by molar-refractivity contribution is -0.118. The summed E-state index contributed by atoms with van der Waals surface area (Å²) in [6.45, 7) is -0.368. The first-order valence-corrected chi connectivity index (χ1v) is 6.38. The first-order valence-electron chi connectivity index (χ1n) is 5.30. The number of carbonyl (C=O) groups is 2. The van der Waals surface area contributed by atoms with Gasteiger partial charge in [-0.15, -0.1) is 0 Å². The number of amides is 2. The van der Waals surface area contributed by atoms with Crippen LogP contribution in [0.25, 0.3) is 0 Å². The molecule has 0 saturated carbocycles. The molecule has 1 atom stereocenters. The van der Waals surface area contributed by atoms with Crippen molar-refractivity contribution in [2.75, 3.05) is 11.9 Å². The normalized spacial score (nSPS) is 11.7. The van der Waals surface area contributed by atoms with Crippen molar-refractivity contribution < 1.29 is 24.2 Å². The number of aliphatic hydroxyl groups is 1. The third-order valence-corrected chi connectivity index (χ3v) is 2.89. The number of carbonyl (C=O) groups excluding carboxylic acids is 1. The molecule has 2 amide bonds. The van der Waals surface area contributed by atoms with Crippen molar-refractivity contribution in [3.63, 3.8) is 0 Å². The number of benzene rings is 1. The summed E-state index contributed by atoms with van der Waals surface area (Å²) < 4.78 is 14.2. The topological polar surface area (TPSA) is 98.7 Å². The largest absolute Gasteiger partial charge is 0.465 e. The van der Waals surface area contributed by atoms with E-state index in [0.29, 0.717) is 3.57 Å². The maximum atomic E-state index is 13.5. The second kappa shape index (κ2) is 7.24. The number of hydrogen-bond acceptors (Lipinski definition) is 3. The van der Waals surface area contributed by atoms with Crippen molar-refractivity contribution in [1.82, 2.24) is 5.32 Å². The third kappa shape index (κ3) is 4.99. The van der Waals surface area contributed by atoms with Crippen molar-refractivity contribution >= 4 is 40.3 Å². The van der Waals surface area contributed by atoms with E-state index in [0.717, 1.165) is 0 Å². The highest BCUT2D eigenvalue weighted by molar-refractivity contribution is 14.1. The highest BCUT2D eigenvalue weighted by Gasteiger charge is 2.20. The Hall–Kier alpha value is -1.42. The SMILES string of the molecule is O=C(O)N[C@@H](CCO)C(=O)Nc1ccc(I)cc1F. The van der Waals surface area contributed by atoms with Crippen molar-refractivity contribution in [1.29, 1.82) is 0 Å². The fourth-order valence-electron chi connectivity index (χ4n) is 1.36. The molecule has 0 aliphatic carbocycles. The van der Waals surface area contributed by atoms with E-state index in [4.69, 9.17) is 10.2 Å². The molecule has 0 radical (unpaired) electrons. The standard InChI is InChI=1S/C11H12FIN2O4/c12-7-5-6(13)1-2-8(7)14-10(17)9(3-4-16)15-11(18)19/h1-2,5,9,15-16H,3-4H2,(H,14,17)(H,18,19)/t9-/m0/s1. The van der Waals surface area contributed by atoms with E-state index in [1.54, 1.807) is 6.07 Å². The van der Waals surface area contributed by atoms with Gasteiger partial charge in [-0.3, -0.25) is 4.79 Å². The van der Waals surface area contributed by atoms with E-state index in [-0.39, 0.29) is 18.7 Å². The summed E-state index contributed by atoms with van der Waals surface area (Å²) in [6.07, 6.45) is -1.49. The Morgan fingerprint density at radius 3 is 2.63 bits per heavy atom. The van der Waals surface area contributed by atoms with Crippen LogP contribution in [0.15, 0.2) is 18.2 Å². The van der Waals surface area contributed by atoms with Crippen LogP contribution < -0.4 is 10.6 Å². The molecule has 0 heterocycles. The molecular formula is C11H12FIN2O4. The number of nitrogens with one attached hydrogen (secondary N) is 2. The number of carboxylic acid groups (broad SMARTS) is 1. The number of hydrogen-bond donors (Lipinski definition) is 4. The minimum absolute atomic E-state index is 0.0412. The van der Waals surface area contributed by atoms with Crippen molar-refractivity contribution in [3.8, 4) is 0 Å². The van der Waals surface area contributed by atoms with Crippen molar-refractivity contribution in [2.24, 2.45) is 0 Å². The van der Waals surface area contributed by atoms with Gasteiger partial charge in [0, 0.05) is 10.2 Å². The molecule has 4 N–H and O–H groups in total. The van der Waals surface area contributed by atoms with Gasteiger partial charge >= 0.3 is 6.09 Å². The molecule has 1 rings (SSSR count). The molecule has 8 heteroatoms. The molecule has 0 bridgehead atoms. The summed E-state index contributed by atoms with van der Waals surface area (Å²) >= 11 is 1.92. The zero-order chi connectivity index (χ0) is 14.4. The summed E-state index contributed by atoms with van der Waals surface area (Å²) in [5, 5.41) is 21.6. The molecule has 0 aliphatic heterocycles. The first kappa shape index (κ1) is 15.6. The number of aliphatic hydroxyl groups excluding tert-OH is 1. The maximum Gasteiger partial charge on any atom is 0.405 e. The van der Waals surface area contributed by atoms with Gasteiger partial charge in [0.15, 0.2) is 0 Å². The first-order chi connectivity index (χ1) is 8.93. The molecular weight excluding hydrogens is 370 g/mol. The number of rotatable bonds is 5. The van der Waals surface area contributed by atoms with Crippen LogP contribution in [0, 0.1) is 9.39 Å². The van der Waals surface area contributed by atoms with Gasteiger partial charge in [0.05, 0.1) is 5.69 Å². The quantitative estimate of drug-likeness (QED) is 0.579. The average molecular weight is 382 g/mol.